The van der Waals surface area contributed by atoms with Gasteiger partial charge in [-0.25, -0.2) is 4.39 Å². The highest BCUT2D eigenvalue weighted by atomic mass is 32.2. The molecule has 1 atom stereocenters. The van der Waals surface area contributed by atoms with Crippen molar-refractivity contribution in [3.63, 3.8) is 0 Å². The molecule has 0 saturated carbocycles. The Morgan fingerprint density at radius 2 is 2.07 bits per heavy atom. The lowest BCUT2D eigenvalue weighted by atomic mass is 10.2. The van der Waals surface area contributed by atoms with Crippen molar-refractivity contribution in [1.29, 1.82) is 0 Å². The molecule has 0 saturated heterocycles. The van der Waals surface area contributed by atoms with Crippen molar-refractivity contribution < 1.29 is 13.9 Å². The van der Waals surface area contributed by atoms with Crippen LogP contribution in [0.2, 0.25) is 0 Å². The van der Waals surface area contributed by atoms with Crippen LogP contribution in [0.4, 0.5) is 9.52 Å². The quantitative estimate of drug-likeness (QED) is 0.458. The van der Waals surface area contributed by atoms with Gasteiger partial charge in [0.05, 0.1) is 0 Å². The predicted molar refractivity (Wildman–Crippen MR) is 106 cm³/mol. The molecule has 3 aromatic rings. The monoisotopic (exact) mass is 403 g/mol. The molecule has 5 nitrogen and oxygen atoms in total. The van der Waals surface area contributed by atoms with Gasteiger partial charge in [-0.15, -0.1) is 10.2 Å². The van der Waals surface area contributed by atoms with Crippen molar-refractivity contribution in [3.05, 3.63) is 65.5 Å². The van der Waals surface area contributed by atoms with Gasteiger partial charge in [0.1, 0.15) is 11.6 Å². The molecule has 27 heavy (non-hydrogen) atoms. The van der Waals surface area contributed by atoms with E-state index in [9.17, 15) is 9.18 Å². The molecule has 0 aliphatic carbocycles. The Morgan fingerprint density at radius 1 is 1.26 bits per heavy atom. The summed E-state index contributed by atoms with van der Waals surface area (Å²) in [4.78, 5) is 12.3. The van der Waals surface area contributed by atoms with Crippen LogP contribution in [0.5, 0.6) is 5.75 Å². The number of benzene rings is 2. The van der Waals surface area contributed by atoms with E-state index in [1.54, 1.807) is 31.2 Å². The maximum atomic E-state index is 13.6. The minimum atomic E-state index is -0.676. The first-order valence-electron chi connectivity index (χ1n) is 8.25. The third kappa shape index (κ3) is 5.51. The van der Waals surface area contributed by atoms with E-state index < -0.39 is 6.10 Å². The summed E-state index contributed by atoms with van der Waals surface area (Å²) in [6.45, 7) is 3.63. The molecule has 0 aliphatic rings. The molecule has 1 N–H and O–H groups in total. The van der Waals surface area contributed by atoms with E-state index in [1.165, 1.54) is 29.2 Å². The van der Waals surface area contributed by atoms with Crippen molar-refractivity contribution in [1.82, 2.24) is 10.2 Å². The number of halogens is 1. The number of hydrogen-bond acceptors (Lipinski definition) is 6. The van der Waals surface area contributed by atoms with Crippen molar-refractivity contribution in [2.45, 2.75) is 30.0 Å². The van der Waals surface area contributed by atoms with E-state index >= 15 is 0 Å². The largest absolute Gasteiger partial charge is 0.481 e. The Hall–Kier alpha value is -2.45. The molecule has 1 heterocycles. The van der Waals surface area contributed by atoms with E-state index in [0.29, 0.717) is 26.5 Å². The summed E-state index contributed by atoms with van der Waals surface area (Å²) in [5.41, 5.74) is 1.66. The molecule has 0 spiro atoms. The van der Waals surface area contributed by atoms with Crippen molar-refractivity contribution in [2.75, 3.05) is 5.32 Å². The van der Waals surface area contributed by atoms with Crippen LogP contribution in [0, 0.1) is 12.7 Å². The minimum absolute atomic E-state index is 0.245. The van der Waals surface area contributed by atoms with Gasteiger partial charge in [-0.1, -0.05) is 53.4 Å². The number of amides is 1. The fourth-order valence-corrected chi connectivity index (χ4v) is 3.97. The van der Waals surface area contributed by atoms with Crippen LogP contribution in [0.15, 0.2) is 52.9 Å². The first kappa shape index (κ1) is 19.3. The van der Waals surface area contributed by atoms with E-state index in [2.05, 4.69) is 15.5 Å². The summed E-state index contributed by atoms with van der Waals surface area (Å²) in [5, 5.41) is 11.1. The number of carbonyl (C=O) groups excluding carboxylic acids is 1. The second-order valence-electron chi connectivity index (χ2n) is 5.82. The predicted octanol–water partition coefficient (Wildman–Crippen LogP) is 4.68. The van der Waals surface area contributed by atoms with E-state index in [-0.39, 0.29) is 11.7 Å². The van der Waals surface area contributed by atoms with Crippen LogP contribution in [-0.4, -0.2) is 22.2 Å². The molecule has 0 radical (unpaired) electrons. The summed E-state index contributed by atoms with van der Waals surface area (Å²) in [5.74, 6) is 0.529. The number of anilines is 1. The van der Waals surface area contributed by atoms with Gasteiger partial charge >= 0.3 is 0 Å². The van der Waals surface area contributed by atoms with Crippen LogP contribution in [-0.2, 0) is 10.5 Å². The number of thioether (sulfide) groups is 1. The smallest absolute Gasteiger partial charge is 0.266 e. The fourth-order valence-electron chi connectivity index (χ4n) is 2.23. The zero-order valence-electron chi connectivity index (χ0n) is 14.8. The van der Waals surface area contributed by atoms with Crippen LogP contribution in [0.25, 0.3) is 0 Å². The van der Waals surface area contributed by atoms with Crippen LogP contribution in [0.1, 0.15) is 18.1 Å². The first-order valence-corrected chi connectivity index (χ1v) is 10.1. The van der Waals surface area contributed by atoms with Crippen molar-refractivity contribution in [2.24, 2.45) is 0 Å². The molecule has 0 bridgehead atoms. The summed E-state index contributed by atoms with van der Waals surface area (Å²) in [6, 6.07) is 14.1. The topological polar surface area (TPSA) is 64.1 Å². The van der Waals surface area contributed by atoms with Gasteiger partial charge < -0.3 is 4.74 Å². The minimum Gasteiger partial charge on any atom is -0.481 e. The second-order valence-corrected chi connectivity index (χ2v) is 8.02. The number of nitrogens with zero attached hydrogens (tertiary/aromatic N) is 2. The molecule has 8 heteroatoms. The average Bonchev–Trinajstić information content (AvgIpc) is 3.08. The Balaban J connectivity index is 1.53. The molecule has 2 aromatic carbocycles. The lowest BCUT2D eigenvalue weighted by Gasteiger charge is -2.13. The van der Waals surface area contributed by atoms with E-state index in [4.69, 9.17) is 4.74 Å². The van der Waals surface area contributed by atoms with Gasteiger partial charge in [-0.3, -0.25) is 10.1 Å². The molecule has 1 aromatic heterocycles. The number of ether oxygens (including phenoxy) is 1. The molecule has 3 rings (SSSR count). The molecular weight excluding hydrogens is 385 g/mol. The Bertz CT molecular complexity index is 933. The Morgan fingerprint density at radius 3 is 2.85 bits per heavy atom. The van der Waals surface area contributed by atoms with E-state index in [0.717, 1.165) is 5.56 Å². The molecular formula is C19H18FN3O2S2. The summed E-state index contributed by atoms with van der Waals surface area (Å²) < 4.78 is 20.0. The van der Waals surface area contributed by atoms with Gasteiger partial charge in [0.25, 0.3) is 5.91 Å². The first-order chi connectivity index (χ1) is 13.0. The summed E-state index contributed by atoms with van der Waals surface area (Å²) >= 11 is 2.61. The third-order valence-corrected chi connectivity index (χ3v) is 5.64. The van der Waals surface area contributed by atoms with Gasteiger partial charge in [0.2, 0.25) is 5.13 Å². The van der Waals surface area contributed by atoms with Crippen molar-refractivity contribution >= 4 is 34.1 Å². The molecule has 0 unspecified atom stereocenters. The van der Waals surface area contributed by atoms with Crippen LogP contribution >= 0.6 is 23.1 Å². The number of aromatic nitrogens is 2. The van der Waals surface area contributed by atoms with Crippen LogP contribution < -0.4 is 10.1 Å². The summed E-state index contributed by atoms with van der Waals surface area (Å²) in [6.07, 6.45) is -0.676. The van der Waals surface area contributed by atoms with Gasteiger partial charge in [0.15, 0.2) is 10.4 Å². The lowest BCUT2D eigenvalue weighted by Crippen LogP contribution is -2.30. The molecule has 0 aliphatic heterocycles. The average molecular weight is 404 g/mol. The lowest BCUT2D eigenvalue weighted by molar-refractivity contribution is -0.122. The number of hydrogen-bond donors (Lipinski definition) is 1. The highest BCUT2D eigenvalue weighted by molar-refractivity contribution is 8.00. The molecule has 1 amide bonds. The number of aryl methyl sites for hydroxylation is 1. The highest BCUT2D eigenvalue weighted by Crippen LogP contribution is 2.29. The highest BCUT2D eigenvalue weighted by Gasteiger charge is 2.17. The normalized spacial score (nSPS) is 11.8. The zero-order valence-corrected chi connectivity index (χ0v) is 16.4. The number of carbonyl (C=O) groups is 1. The third-order valence-electron chi connectivity index (χ3n) is 3.62. The number of nitrogens with one attached hydrogen (secondary N) is 1. The van der Waals surface area contributed by atoms with Gasteiger partial charge in [-0.05, 0) is 43.2 Å². The SMILES string of the molecule is Cc1cccc(O[C@@H](C)C(=O)Nc2nnc(SCc3ccccc3F)s2)c1. The molecule has 140 valence electrons. The second kappa shape index (κ2) is 8.96. The maximum Gasteiger partial charge on any atom is 0.266 e. The Kier molecular flexibility index (Phi) is 6.41. The van der Waals surface area contributed by atoms with Crippen LogP contribution in [0.3, 0.4) is 0 Å². The standard InChI is InChI=1S/C19H18FN3O2S2/c1-12-6-5-8-15(10-12)25-13(2)17(24)21-18-22-23-19(27-18)26-11-14-7-3-4-9-16(14)20/h3-10,13H,11H2,1-2H3,(H,21,22,24)/t13-/m0/s1. The van der Waals surface area contributed by atoms with Crippen molar-refractivity contribution in [3.8, 4) is 5.75 Å². The van der Waals surface area contributed by atoms with Gasteiger partial charge in [0, 0.05) is 5.75 Å². The zero-order chi connectivity index (χ0) is 19.2. The maximum absolute atomic E-state index is 13.6. The van der Waals surface area contributed by atoms with E-state index in [1.807, 2.05) is 25.1 Å². The molecule has 0 fully saturated rings. The summed E-state index contributed by atoms with van der Waals surface area (Å²) in [7, 11) is 0. The fraction of sp³-hybridized carbons (Fsp3) is 0.211. The Labute approximate surface area is 165 Å². The van der Waals surface area contributed by atoms with Gasteiger partial charge in [-0.2, -0.15) is 0 Å². The number of rotatable bonds is 7.